The van der Waals surface area contributed by atoms with Gasteiger partial charge in [0.2, 0.25) is 10.0 Å². The van der Waals surface area contributed by atoms with Crippen molar-refractivity contribution in [1.29, 1.82) is 0 Å². The number of aromatic nitrogens is 1. The number of ether oxygens (including phenoxy) is 2. The third-order valence-electron chi connectivity index (χ3n) is 6.82. The number of carbonyl (C=O) groups excluding carboxylic acids is 2. The predicted octanol–water partition coefficient (Wildman–Crippen LogP) is 3.12. The summed E-state index contributed by atoms with van der Waals surface area (Å²) in [5.41, 5.74) is 0.979. The molecule has 0 saturated carbocycles. The molecule has 1 aliphatic heterocycles. The van der Waals surface area contributed by atoms with Gasteiger partial charge in [-0.05, 0) is 52.1 Å². The Morgan fingerprint density at radius 1 is 1.26 bits per heavy atom. The first-order valence-corrected chi connectivity index (χ1v) is 15.1. The quantitative estimate of drug-likeness (QED) is 0.390. The minimum absolute atomic E-state index is 0.0386. The summed E-state index contributed by atoms with van der Waals surface area (Å²) < 4.78 is 37.1. The van der Waals surface area contributed by atoms with Crippen LogP contribution in [0.3, 0.4) is 0 Å². The Morgan fingerprint density at radius 3 is 2.61 bits per heavy atom. The van der Waals surface area contributed by atoms with Crippen LogP contribution in [0.2, 0.25) is 5.02 Å². The molecular formula is C26H39ClN4O6S. The number of benzene rings is 1. The van der Waals surface area contributed by atoms with Crippen molar-refractivity contribution in [2.24, 2.45) is 0 Å². The number of rotatable bonds is 12. The second-order valence-electron chi connectivity index (χ2n) is 9.89. The predicted molar refractivity (Wildman–Crippen MR) is 148 cm³/mol. The van der Waals surface area contributed by atoms with E-state index in [1.807, 2.05) is 29.4 Å². The summed E-state index contributed by atoms with van der Waals surface area (Å²) in [6.45, 7) is 6.25. The highest BCUT2D eigenvalue weighted by Crippen LogP contribution is 2.38. The summed E-state index contributed by atoms with van der Waals surface area (Å²) in [5.74, 6) is -0.512. The molecule has 0 spiro atoms. The van der Waals surface area contributed by atoms with Crippen molar-refractivity contribution in [1.82, 2.24) is 19.1 Å². The van der Waals surface area contributed by atoms with Gasteiger partial charge in [-0.15, -0.1) is 0 Å². The molecule has 0 bridgehead atoms. The van der Waals surface area contributed by atoms with E-state index in [0.717, 1.165) is 45.0 Å². The summed E-state index contributed by atoms with van der Waals surface area (Å²) in [6, 6.07) is 5.26. The van der Waals surface area contributed by atoms with Crippen LogP contribution in [0.4, 0.5) is 0 Å². The minimum Gasteiger partial charge on any atom is -0.482 e. The number of likely N-dealkylation sites (N-methyl/N-ethyl adjacent to an activating group) is 1. The Bertz CT molecular complexity index is 1240. The van der Waals surface area contributed by atoms with Crippen LogP contribution in [0.1, 0.15) is 50.0 Å². The van der Waals surface area contributed by atoms with Crippen LogP contribution in [-0.2, 0) is 26.1 Å². The average Bonchev–Trinajstić information content (AvgIpc) is 3.16. The van der Waals surface area contributed by atoms with Crippen LogP contribution >= 0.6 is 11.6 Å². The van der Waals surface area contributed by atoms with Crippen LogP contribution < -0.4 is 10.1 Å². The topological polar surface area (TPSA) is 110 Å². The molecule has 2 heterocycles. The van der Waals surface area contributed by atoms with E-state index in [4.69, 9.17) is 21.1 Å². The van der Waals surface area contributed by atoms with Gasteiger partial charge in [0, 0.05) is 51.3 Å². The third-order valence-corrected chi connectivity index (χ3v) is 8.40. The zero-order valence-electron chi connectivity index (χ0n) is 22.8. The maximum Gasteiger partial charge on any atom is 0.273 e. The molecule has 3 rings (SSSR count). The summed E-state index contributed by atoms with van der Waals surface area (Å²) in [7, 11) is -0.873. The van der Waals surface area contributed by atoms with Gasteiger partial charge >= 0.3 is 0 Å². The second-order valence-corrected chi connectivity index (χ2v) is 12.3. The Morgan fingerprint density at radius 2 is 2.00 bits per heavy atom. The van der Waals surface area contributed by atoms with Gasteiger partial charge in [0.05, 0.1) is 16.8 Å². The molecule has 0 radical (unpaired) electrons. The number of sulfonamides is 1. The SMILES string of the molecule is COCCCCn1c(C(=O)N(C(C)C)[C@@H]2CCCNC2)c(Cl)c2cccc(OCC(=O)N(C)S(C)(=O)=O)c21. The number of piperidine rings is 1. The van der Waals surface area contributed by atoms with E-state index in [2.05, 4.69) is 5.32 Å². The number of nitrogens with zero attached hydrogens (tertiary/aromatic N) is 3. The van der Waals surface area contributed by atoms with Crippen LogP contribution in [0.25, 0.3) is 10.9 Å². The van der Waals surface area contributed by atoms with Gasteiger partial charge < -0.3 is 24.3 Å². The van der Waals surface area contributed by atoms with E-state index in [-0.39, 0.29) is 18.0 Å². The first-order chi connectivity index (χ1) is 18.0. The van der Waals surface area contributed by atoms with E-state index < -0.39 is 22.5 Å². The number of methoxy groups -OCH3 is 1. The molecule has 12 heteroatoms. The number of nitrogens with one attached hydrogen (secondary N) is 1. The number of fused-ring (bicyclic) bond motifs is 1. The van der Waals surface area contributed by atoms with Gasteiger partial charge in [-0.25, -0.2) is 12.7 Å². The number of aryl methyl sites for hydroxylation is 1. The molecule has 1 atom stereocenters. The lowest BCUT2D eigenvalue weighted by atomic mass is 10.0. The maximum atomic E-state index is 14.2. The number of para-hydroxylation sites is 1. The van der Waals surface area contributed by atoms with Gasteiger partial charge in [-0.1, -0.05) is 23.7 Å². The standard InChI is InChI=1S/C26H39ClN4O6S/c1-18(2)31(19-10-9-13-28-16-19)26(33)25-23(27)20-11-8-12-21(24(20)30(25)14-6-7-15-36-4)37-17-22(32)29(3)38(5,34)35/h8,11-12,18-19,28H,6-7,9-10,13-17H2,1-5H3/t19-/m1/s1. The van der Waals surface area contributed by atoms with Crippen LogP contribution in [0, 0.1) is 0 Å². The molecule has 0 aliphatic carbocycles. The van der Waals surface area contributed by atoms with Gasteiger partial charge in [0.25, 0.3) is 11.8 Å². The lowest BCUT2D eigenvalue weighted by Gasteiger charge is -2.38. The molecule has 2 aromatic rings. The molecule has 1 aromatic carbocycles. The van der Waals surface area contributed by atoms with Crippen molar-refractivity contribution >= 4 is 44.3 Å². The first kappa shape index (κ1) is 30.2. The Labute approximate surface area is 230 Å². The molecule has 1 saturated heterocycles. The maximum absolute atomic E-state index is 14.2. The minimum atomic E-state index is -3.71. The fourth-order valence-electron chi connectivity index (χ4n) is 4.83. The van der Waals surface area contributed by atoms with E-state index >= 15 is 0 Å². The summed E-state index contributed by atoms with van der Waals surface area (Å²) >= 11 is 6.91. The van der Waals surface area contributed by atoms with Crippen molar-refractivity contribution in [2.75, 3.05) is 46.7 Å². The summed E-state index contributed by atoms with van der Waals surface area (Å²) in [5, 5.41) is 4.35. The Balaban J connectivity index is 2.06. The lowest BCUT2D eigenvalue weighted by Crippen LogP contribution is -2.52. The van der Waals surface area contributed by atoms with E-state index in [9.17, 15) is 18.0 Å². The second kappa shape index (κ2) is 13.1. The zero-order chi connectivity index (χ0) is 28.0. The van der Waals surface area contributed by atoms with E-state index in [1.165, 1.54) is 7.05 Å². The van der Waals surface area contributed by atoms with Gasteiger partial charge in [0.15, 0.2) is 6.61 Å². The third kappa shape index (κ3) is 6.80. The van der Waals surface area contributed by atoms with Crippen molar-refractivity contribution < 1.29 is 27.5 Å². The fourth-order valence-corrected chi connectivity index (χ4v) is 5.59. The van der Waals surface area contributed by atoms with Crippen molar-refractivity contribution in [3.8, 4) is 5.75 Å². The number of hydrogen-bond donors (Lipinski definition) is 1. The smallest absolute Gasteiger partial charge is 0.273 e. The molecule has 1 aromatic heterocycles. The molecule has 38 heavy (non-hydrogen) atoms. The highest BCUT2D eigenvalue weighted by Gasteiger charge is 2.33. The van der Waals surface area contributed by atoms with Crippen LogP contribution in [0.5, 0.6) is 5.75 Å². The number of amides is 2. The monoisotopic (exact) mass is 570 g/mol. The normalized spacial score (nSPS) is 16.1. The van der Waals surface area contributed by atoms with E-state index in [1.54, 1.807) is 19.2 Å². The molecule has 10 nitrogen and oxygen atoms in total. The Kier molecular flexibility index (Phi) is 10.4. The number of halogens is 1. The zero-order valence-corrected chi connectivity index (χ0v) is 24.4. The van der Waals surface area contributed by atoms with Crippen LogP contribution in [-0.4, -0.2) is 92.8 Å². The summed E-state index contributed by atoms with van der Waals surface area (Å²) in [6.07, 6.45) is 4.36. The fraction of sp³-hybridized carbons (Fsp3) is 0.615. The van der Waals surface area contributed by atoms with Crippen molar-refractivity contribution in [3.05, 3.63) is 28.9 Å². The van der Waals surface area contributed by atoms with Gasteiger partial charge in [-0.3, -0.25) is 9.59 Å². The van der Waals surface area contributed by atoms with Gasteiger partial charge in [-0.2, -0.15) is 0 Å². The summed E-state index contributed by atoms with van der Waals surface area (Å²) in [4.78, 5) is 28.5. The van der Waals surface area contributed by atoms with Crippen molar-refractivity contribution in [2.45, 2.75) is 58.2 Å². The largest absolute Gasteiger partial charge is 0.482 e. The number of carbonyl (C=O) groups is 2. The molecule has 1 fully saturated rings. The molecule has 1 N–H and O–H groups in total. The van der Waals surface area contributed by atoms with Crippen LogP contribution in [0.15, 0.2) is 18.2 Å². The van der Waals surface area contributed by atoms with Crippen molar-refractivity contribution in [3.63, 3.8) is 0 Å². The highest BCUT2D eigenvalue weighted by atomic mass is 35.5. The highest BCUT2D eigenvalue weighted by molar-refractivity contribution is 7.88. The number of hydrogen-bond acceptors (Lipinski definition) is 7. The average molecular weight is 571 g/mol. The lowest BCUT2D eigenvalue weighted by molar-refractivity contribution is -0.127. The van der Waals surface area contributed by atoms with E-state index in [0.29, 0.717) is 44.8 Å². The van der Waals surface area contributed by atoms with Gasteiger partial charge in [0.1, 0.15) is 11.4 Å². The molecular weight excluding hydrogens is 532 g/mol. The molecule has 212 valence electrons. The molecule has 2 amide bonds. The number of unbranched alkanes of at least 4 members (excludes halogenated alkanes) is 1. The molecule has 1 aliphatic rings. The first-order valence-electron chi connectivity index (χ1n) is 12.9. The molecule has 0 unspecified atom stereocenters. The Hall–Kier alpha value is -2.34.